The quantitative estimate of drug-likeness (QED) is 0.798. The Labute approximate surface area is 158 Å². The number of sulfonamides is 1. The standard InChI is InChI=1S/C18H25BrN2O3S/c19-14-9-11-16(12-10-14)25(23,24)21-13-5-4-8-17(21)18(22)20-15-6-2-1-3-7-15/h9-12,15,17H,1-8,13H2,(H,20,22). The predicted octanol–water partition coefficient (Wildman–Crippen LogP) is 3.44. The molecule has 1 aromatic carbocycles. The van der Waals surface area contributed by atoms with E-state index in [9.17, 15) is 13.2 Å². The van der Waals surface area contributed by atoms with Crippen LogP contribution >= 0.6 is 15.9 Å². The average molecular weight is 429 g/mol. The van der Waals surface area contributed by atoms with Crippen LogP contribution in [0.5, 0.6) is 0 Å². The molecule has 2 fully saturated rings. The summed E-state index contributed by atoms with van der Waals surface area (Å²) in [7, 11) is -3.66. The van der Waals surface area contributed by atoms with Gasteiger partial charge in [-0.15, -0.1) is 0 Å². The summed E-state index contributed by atoms with van der Waals surface area (Å²) in [5, 5.41) is 3.10. The van der Waals surface area contributed by atoms with Gasteiger partial charge in [-0.3, -0.25) is 4.79 Å². The van der Waals surface area contributed by atoms with Crippen LogP contribution < -0.4 is 5.32 Å². The molecule has 1 amide bonds. The second-order valence-electron chi connectivity index (χ2n) is 6.92. The Balaban J connectivity index is 1.77. The number of hydrogen-bond acceptors (Lipinski definition) is 3. The highest BCUT2D eigenvalue weighted by molar-refractivity contribution is 9.10. The van der Waals surface area contributed by atoms with Gasteiger partial charge in [0, 0.05) is 17.1 Å². The molecule has 1 saturated carbocycles. The summed E-state index contributed by atoms with van der Waals surface area (Å²) >= 11 is 3.33. The lowest BCUT2D eigenvalue weighted by Gasteiger charge is -2.35. The Bertz CT molecular complexity index is 700. The van der Waals surface area contributed by atoms with Gasteiger partial charge >= 0.3 is 0 Å². The number of carbonyl (C=O) groups is 1. The van der Waals surface area contributed by atoms with Crippen LogP contribution in [0.2, 0.25) is 0 Å². The van der Waals surface area contributed by atoms with Crippen molar-refractivity contribution in [2.24, 2.45) is 0 Å². The molecule has 1 aliphatic heterocycles. The Morgan fingerprint density at radius 3 is 2.32 bits per heavy atom. The third-order valence-electron chi connectivity index (χ3n) is 5.13. The zero-order valence-corrected chi connectivity index (χ0v) is 16.7. The third kappa shape index (κ3) is 4.44. The van der Waals surface area contributed by atoms with Gasteiger partial charge in [0.15, 0.2) is 0 Å². The zero-order valence-electron chi connectivity index (χ0n) is 14.3. The number of hydrogen-bond donors (Lipinski definition) is 1. The summed E-state index contributed by atoms with van der Waals surface area (Å²) < 4.78 is 28.3. The van der Waals surface area contributed by atoms with Gasteiger partial charge in [-0.05, 0) is 49.9 Å². The predicted molar refractivity (Wildman–Crippen MR) is 101 cm³/mol. The maximum absolute atomic E-state index is 13.0. The van der Waals surface area contributed by atoms with E-state index in [1.165, 1.54) is 10.7 Å². The van der Waals surface area contributed by atoms with E-state index < -0.39 is 16.1 Å². The number of rotatable bonds is 4. The van der Waals surface area contributed by atoms with Crippen molar-refractivity contribution in [3.05, 3.63) is 28.7 Å². The highest BCUT2D eigenvalue weighted by Gasteiger charge is 2.38. The van der Waals surface area contributed by atoms with Crippen LogP contribution in [0.4, 0.5) is 0 Å². The fourth-order valence-electron chi connectivity index (χ4n) is 3.74. The van der Waals surface area contributed by atoms with Crippen molar-refractivity contribution >= 4 is 31.9 Å². The third-order valence-corrected chi connectivity index (χ3v) is 7.58. The molecule has 1 heterocycles. The Morgan fingerprint density at radius 2 is 1.64 bits per heavy atom. The van der Waals surface area contributed by atoms with Crippen LogP contribution in [0.15, 0.2) is 33.6 Å². The summed E-state index contributed by atoms with van der Waals surface area (Å²) in [5.74, 6) is -0.132. The summed E-state index contributed by atoms with van der Waals surface area (Å²) in [6.45, 7) is 0.404. The van der Waals surface area contributed by atoms with E-state index in [0.29, 0.717) is 13.0 Å². The first-order chi connectivity index (χ1) is 12.0. The largest absolute Gasteiger partial charge is 0.352 e. The van der Waals surface area contributed by atoms with Gasteiger partial charge in [-0.1, -0.05) is 41.6 Å². The zero-order chi connectivity index (χ0) is 17.9. The van der Waals surface area contributed by atoms with Crippen LogP contribution in [0, 0.1) is 0 Å². The first kappa shape index (κ1) is 18.9. The van der Waals surface area contributed by atoms with Crippen LogP contribution in [-0.2, 0) is 14.8 Å². The molecule has 1 aliphatic carbocycles. The lowest BCUT2D eigenvalue weighted by atomic mass is 9.95. The van der Waals surface area contributed by atoms with Gasteiger partial charge in [-0.25, -0.2) is 8.42 Å². The van der Waals surface area contributed by atoms with E-state index in [0.717, 1.165) is 43.0 Å². The molecule has 138 valence electrons. The summed E-state index contributed by atoms with van der Waals surface area (Å²) in [6.07, 6.45) is 7.76. The summed E-state index contributed by atoms with van der Waals surface area (Å²) in [4.78, 5) is 13.0. The number of nitrogens with one attached hydrogen (secondary N) is 1. The highest BCUT2D eigenvalue weighted by atomic mass is 79.9. The molecule has 1 saturated heterocycles. The maximum atomic E-state index is 13.0. The highest BCUT2D eigenvalue weighted by Crippen LogP contribution is 2.27. The number of nitrogens with zero attached hydrogens (tertiary/aromatic N) is 1. The van der Waals surface area contributed by atoms with E-state index >= 15 is 0 Å². The average Bonchev–Trinajstić information content (AvgIpc) is 2.63. The SMILES string of the molecule is O=C(NC1CCCCC1)C1CCCCN1S(=O)(=O)c1ccc(Br)cc1. The molecule has 1 atom stereocenters. The molecule has 7 heteroatoms. The minimum Gasteiger partial charge on any atom is -0.352 e. The smallest absolute Gasteiger partial charge is 0.243 e. The van der Waals surface area contributed by atoms with Gasteiger partial charge in [-0.2, -0.15) is 4.31 Å². The summed E-state index contributed by atoms with van der Waals surface area (Å²) in [6, 6.07) is 6.21. The van der Waals surface area contributed by atoms with Gasteiger partial charge in [0.1, 0.15) is 6.04 Å². The molecule has 1 unspecified atom stereocenters. The summed E-state index contributed by atoms with van der Waals surface area (Å²) in [5.41, 5.74) is 0. The molecular formula is C18H25BrN2O3S. The minimum absolute atomic E-state index is 0.132. The molecule has 0 spiro atoms. The van der Waals surface area contributed by atoms with E-state index in [1.807, 2.05) is 0 Å². The Hall–Kier alpha value is -0.920. The van der Waals surface area contributed by atoms with Gasteiger partial charge in [0.25, 0.3) is 0 Å². The fourth-order valence-corrected chi connectivity index (χ4v) is 5.66. The van der Waals surface area contributed by atoms with Crippen molar-refractivity contribution in [2.75, 3.05) is 6.54 Å². The molecule has 3 rings (SSSR count). The second kappa shape index (κ2) is 8.18. The van der Waals surface area contributed by atoms with E-state index in [2.05, 4.69) is 21.2 Å². The van der Waals surface area contributed by atoms with Crippen LogP contribution in [0.3, 0.4) is 0 Å². The molecule has 5 nitrogen and oxygen atoms in total. The first-order valence-electron chi connectivity index (χ1n) is 9.06. The minimum atomic E-state index is -3.66. The normalized spacial score (nSPS) is 23.3. The lowest BCUT2D eigenvalue weighted by Crippen LogP contribution is -2.53. The van der Waals surface area contributed by atoms with E-state index in [1.54, 1.807) is 24.3 Å². The topological polar surface area (TPSA) is 66.5 Å². The van der Waals surface area contributed by atoms with Gasteiger partial charge in [0.05, 0.1) is 4.90 Å². The van der Waals surface area contributed by atoms with Crippen molar-refractivity contribution in [1.82, 2.24) is 9.62 Å². The lowest BCUT2D eigenvalue weighted by molar-refractivity contribution is -0.126. The van der Waals surface area contributed by atoms with Crippen LogP contribution in [-0.4, -0.2) is 37.3 Å². The van der Waals surface area contributed by atoms with E-state index in [4.69, 9.17) is 0 Å². The van der Waals surface area contributed by atoms with Crippen molar-refractivity contribution in [3.63, 3.8) is 0 Å². The maximum Gasteiger partial charge on any atom is 0.243 e. The van der Waals surface area contributed by atoms with Crippen molar-refractivity contribution < 1.29 is 13.2 Å². The molecule has 1 aromatic rings. The molecule has 0 aromatic heterocycles. The van der Waals surface area contributed by atoms with Gasteiger partial charge in [0.2, 0.25) is 15.9 Å². The van der Waals surface area contributed by atoms with Crippen molar-refractivity contribution in [1.29, 1.82) is 0 Å². The van der Waals surface area contributed by atoms with Gasteiger partial charge < -0.3 is 5.32 Å². The molecule has 0 bridgehead atoms. The molecule has 1 N–H and O–H groups in total. The molecule has 0 radical (unpaired) electrons. The Kier molecular flexibility index (Phi) is 6.17. The number of benzene rings is 1. The van der Waals surface area contributed by atoms with Crippen LogP contribution in [0.25, 0.3) is 0 Å². The molecule has 25 heavy (non-hydrogen) atoms. The van der Waals surface area contributed by atoms with Crippen molar-refractivity contribution in [2.45, 2.75) is 68.3 Å². The molecule has 2 aliphatic rings. The fraction of sp³-hybridized carbons (Fsp3) is 0.611. The number of halogens is 1. The number of amides is 1. The molecular weight excluding hydrogens is 404 g/mol. The van der Waals surface area contributed by atoms with Crippen LogP contribution in [0.1, 0.15) is 51.4 Å². The van der Waals surface area contributed by atoms with Crippen molar-refractivity contribution in [3.8, 4) is 0 Å². The number of piperidine rings is 1. The second-order valence-corrected chi connectivity index (χ2v) is 9.73. The number of carbonyl (C=O) groups excluding carboxylic acids is 1. The van der Waals surface area contributed by atoms with E-state index in [-0.39, 0.29) is 16.8 Å². The Morgan fingerprint density at radius 1 is 1.00 bits per heavy atom. The monoisotopic (exact) mass is 428 g/mol. The first-order valence-corrected chi connectivity index (χ1v) is 11.3.